The van der Waals surface area contributed by atoms with Gasteiger partial charge < -0.3 is 5.32 Å². The van der Waals surface area contributed by atoms with Gasteiger partial charge in [-0.3, -0.25) is 0 Å². The lowest BCUT2D eigenvalue weighted by molar-refractivity contribution is 0.696. The van der Waals surface area contributed by atoms with Crippen molar-refractivity contribution in [2.45, 2.75) is 13.0 Å². The number of aryl methyl sites for hydroxylation is 1. The highest BCUT2D eigenvalue weighted by Crippen LogP contribution is 2.30. The molecule has 1 N–H and O–H groups in total. The van der Waals surface area contributed by atoms with E-state index in [2.05, 4.69) is 88.8 Å². The molecule has 0 heterocycles. The van der Waals surface area contributed by atoms with Crippen molar-refractivity contribution < 1.29 is 0 Å². The molecular weight excluding hydrogens is 322 g/mol. The van der Waals surface area contributed by atoms with Gasteiger partial charge in [0.15, 0.2) is 0 Å². The summed E-state index contributed by atoms with van der Waals surface area (Å²) in [6, 6.07) is 21.8. The van der Waals surface area contributed by atoms with Crippen LogP contribution in [0.3, 0.4) is 0 Å². The standard InChI is InChI=1S/C19H18BrN/c1-13-12-15(10-11-18(13)20)19(21-2)17-9-5-7-14-6-3-4-8-16(14)17/h3-12,19,21H,1-2H3. The minimum Gasteiger partial charge on any atom is -0.309 e. The maximum absolute atomic E-state index is 3.58. The molecule has 3 aromatic carbocycles. The molecule has 0 aliphatic rings. The highest BCUT2D eigenvalue weighted by molar-refractivity contribution is 9.10. The molecule has 21 heavy (non-hydrogen) atoms. The predicted molar refractivity (Wildman–Crippen MR) is 93.7 cm³/mol. The Kier molecular flexibility index (Phi) is 4.09. The molecule has 0 spiro atoms. The summed E-state index contributed by atoms with van der Waals surface area (Å²) in [5, 5.41) is 6.05. The van der Waals surface area contributed by atoms with Crippen molar-refractivity contribution in [1.82, 2.24) is 5.32 Å². The summed E-state index contributed by atoms with van der Waals surface area (Å²) in [6.45, 7) is 2.13. The molecule has 0 aliphatic heterocycles. The summed E-state index contributed by atoms with van der Waals surface area (Å²) in [7, 11) is 2.02. The van der Waals surface area contributed by atoms with Crippen LogP contribution in [0.25, 0.3) is 10.8 Å². The Morgan fingerprint density at radius 1 is 0.952 bits per heavy atom. The zero-order valence-corrected chi connectivity index (χ0v) is 13.8. The summed E-state index contributed by atoms with van der Waals surface area (Å²) in [4.78, 5) is 0. The minimum atomic E-state index is 0.197. The molecule has 0 bridgehead atoms. The van der Waals surface area contributed by atoms with E-state index in [-0.39, 0.29) is 6.04 Å². The van der Waals surface area contributed by atoms with Crippen LogP contribution in [0.15, 0.2) is 65.1 Å². The Bertz CT molecular complexity index is 774. The van der Waals surface area contributed by atoms with Crippen LogP contribution >= 0.6 is 15.9 Å². The molecule has 0 saturated carbocycles. The molecule has 1 atom stereocenters. The lowest BCUT2D eigenvalue weighted by Gasteiger charge is -2.20. The van der Waals surface area contributed by atoms with Gasteiger partial charge in [-0.25, -0.2) is 0 Å². The van der Waals surface area contributed by atoms with E-state index in [1.165, 1.54) is 27.5 Å². The SMILES string of the molecule is CNC(c1ccc(Br)c(C)c1)c1cccc2ccccc12. The van der Waals surface area contributed by atoms with E-state index in [0.717, 1.165) is 4.47 Å². The first-order valence-corrected chi connectivity index (χ1v) is 7.91. The van der Waals surface area contributed by atoms with Gasteiger partial charge in [0, 0.05) is 4.47 Å². The zero-order valence-electron chi connectivity index (χ0n) is 12.2. The quantitative estimate of drug-likeness (QED) is 0.689. The fourth-order valence-electron chi connectivity index (χ4n) is 2.85. The molecule has 1 unspecified atom stereocenters. The zero-order chi connectivity index (χ0) is 14.8. The van der Waals surface area contributed by atoms with Crippen LogP contribution in [0, 0.1) is 6.92 Å². The van der Waals surface area contributed by atoms with Crippen molar-refractivity contribution in [2.24, 2.45) is 0 Å². The summed E-state index contributed by atoms with van der Waals surface area (Å²) in [6.07, 6.45) is 0. The first-order valence-electron chi connectivity index (χ1n) is 7.11. The third-order valence-corrected chi connectivity index (χ3v) is 4.83. The second-order valence-electron chi connectivity index (χ2n) is 5.30. The number of nitrogens with one attached hydrogen (secondary N) is 1. The monoisotopic (exact) mass is 339 g/mol. The van der Waals surface area contributed by atoms with Crippen LogP contribution in [0.1, 0.15) is 22.7 Å². The van der Waals surface area contributed by atoms with Gasteiger partial charge in [0.25, 0.3) is 0 Å². The van der Waals surface area contributed by atoms with E-state index in [9.17, 15) is 0 Å². The number of halogens is 1. The van der Waals surface area contributed by atoms with E-state index >= 15 is 0 Å². The highest BCUT2D eigenvalue weighted by atomic mass is 79.9. The number of rotatable bonds is 3. The topological polar surface area (TPSA) is 12.0 Å². The largest absolute Gasteiger partial charge is 0.309 e. The van der Waals surface area contributed by atoms with E-state index in [4.69, 9.17) is 0 Å². The second kappa shape index (κ2) is 6.00. The lowest BCUT2D eigenvalue weighted by Crippen LogP contribution is -2.18. The average Bonchev–Trinajstić information content (AvgIpc) is 2.52. The summed E-state index contributed by atoms with van der Waals surface area (Å²) in [5.41, 5.74) is 3.86. The van der Waals surface area contributed by atoms with Crippen molar-refractivity contribution in [2.75, 3.05) is 7.05 Å². The molecule has 0 radical (unpaired) electrons. The first kappa shape index (κ1) is 14.3. The van der Waals surface area contributed by atoms with Crippen LogP contribution < -0.4 is 5.32 Å². The third kappa shape index (κ3) is 2.74. The van der Waals surface area contributed by atoms with Crippen LogP contribution in [-0.2, 0) is 0 Å². The number of hydrogen-bond acceptors (Lipinski definition) is 1. The van der Waals surface area contributed by atoms with Crippen LogP contribution in [0.5, 0.6) is 0 Å². The van der Waals surface area contributed by atoms with Crippen molar-refractivity contribution in [1.29, 1.82) is 0 Å². The third-order valence-electron chi connectivity index (χ3n) is 3.94. The van der Waals surface area contributed by atoms with Crippen LogP contribution in [-0.4, -0.2) is 7.05 Å². The Balaban J connectivity index is 2.16. The van der Waals surface area contributed by atoms with Gasteiger partial charge in [-0.05, 0) is 47.5 Å². The van der Waals surface area contributed by atoms with Crippen molar-refractivity contribution in [3.63, 3.8) is 0 Å². The van der Waals surface area contributed by atoms with E-state index in [0.29, 0.717) is 0 Å². The number of hydrogen-bond donors (Lipinski definition) is 1. The molecule has 0 aliphatic carbocycles. The molecular formula is C19H18BrN. The average molecular weight is 340 g/mol. The van der Waals surface area contributed by atoms with Gasteiger partial charge in [0.05, 0.1) is 6.04 Å². The molecule has 0 aromatic heterocycles. The van der Waals surface area contributed by atoms with Gasteiger partial charge in [-0.2, -0.15) is 0 Å². The van der Waals surface area contributed by atoms with E-state index in [1.54, 1.807) is 0 Å². The van der Waals surface area contributed by atoms with Crippen molar-refractivity contribution in [3.8, 4) is 0 Å². The number of fused-ring (bicyclic) bond motifs is 1. The Morgan fingerprint density at radius 2 is 1.71 bits per heavy atom. The predicted octanol–water partition coefficient (Wildman–Crippen LogP) is 5.22. The Hall–Kier alpha value is -1.64. The molecule has 3 rings (SSSR count). The van der Waals surface area contributed by atoms with Gasteiger partial charge in [0.1, 0.15) is 0 Å². The van der Waals surface area contributed by atoms with Crippen molar-refractivity contribution in [3.05, 3.63) is 81.8 Å². The fourth-order valence-corrected chi connectivity index (χ4v) is 3.10. The highest BCUT2D eigenvalue weighted by Gasteiger charge is 2.15. The first-order chi connectivity index (χ1) is 10.2. The second-order valence-corrected chi connectivity index (χ2v) is 6.15. The molecule has 0 saturated heterocycles. The molecule has 1 nitrogen and oxygen atoms in total. The van der Waals surface area contributed by atoms with Gasteiger partial charge in [0.2, 0.25) is 0 Å². The summed E-state index contributed by atoms with van der Waals surface area (Å²) in [5.74, 6) is 0. The molecule has 2 heteroatoms. The van der Waals surface area contributed by atoms with Gasteiger partial charge >= 0.3 is 0 Å². The number of benzene rings is 3. The maximum atomic E-state index is 3.58. The minimum absolute atomic E-state index is 0.197. The van der Waals surface area contributed by atoms with Crippen LogP contribution in [0.4, 0.5) is 0 Å². The van der Waals surface area contributed by atoms with Crippen LogP contribution in [0.2, 0.25) is 0 Å². The normalized spacial score (nSPS) is 12.5. The van der Waals surface area contributed by atoms with Crippen molar-refractivity contribution >= 4 is 26.7 Å². The molecule has 0 amide bonds. The molecule has 0 fully saturated rings. The smallest absolute Gasteiger partial charge is 0.0580 e. The van der Waals surface area contributed by atoms with Gasteiger partial charge in [-0.1, -0.05) is 70.5 Å². The van der Waals surface area contributed by atoms with E-state index in [1.807, 2.05) is 7.05 Å². The summed E-state index contributed by atoms with van der Waals surface area (Å²) >= 11 is 3.58. The maximum Gasteiger partial charge on any atom is 0.0580 e. The summed E-state index contributed by atoms with van der Waals surface area (Å²) < 4.78 is 1.15. The fraction of sp³-hybridized carbons (Fsp3) is 0.158. The van der Waals surface area contributed by atoms with Gasteiger partial charge in [-0.15, -0.1) is 0 Å². The Labute approximate surface area is 134 Å². The molecule has 106 valence electrons. The Morgan fingerprint density at radius 3 is 2.48 bits per heavy atom. The molecule has 3 aromatic rings. The lowest BCUT2D eigenvalue weighted by atomic mass is 9.93. The van der Waals surface area contributed by atoms with E-state index < -0.39 is 0 Å².